The second kappa shape index (κ2) is 5.57. The molecule has 3 nitrogen and oxygen atoms in total. The monoisotopic (exact) mass is 238 g/mol. The molecule has 1 aromatic rings. The number of nitrogens with zero attached hydrogens (tertiary/aromatic N) is 1. The fraction of sp³-hybridized carbons (Fsp3) is 0.500. The molecule has 0 spiro atoms. The average molecular weight is 238 g/mol. The second-order valence-electron chi connectivity index (χ2n) is 4.17. The molecule has 0 saturated carbocycles. The molecule has 0 amide bonds. The van der Waals surface area contributed by atoms with Crippen LogP contribution in [0.25, 0.3) is 0 Å². The molecular weight excluding hydrogens is 220 g/mol. The van der Waals surface area contributed by atoms with Crippen molar-refractivity contribution < 1.29 is 4.21 Å². The average Bonchev–Trinajstić information content (AvgIpc) is 2.33. The molecule has 0 bridgehead atoms. The highest BCUT2D eigenvalue weighted by molar-refractivity contribution is 7.85. The van der Waals surface area contributed by atoms with Crippen LogP contribution in [0.1, 0.15) is 11.6 Å². The van der Waals surface area contributed by atoms with Crippen molar-refractivity contribution in [1.82, 2.24) is 4.90 Å². The molecule has 1 atom stereocenters. The predicted molar refractivity (Wildman–Crippen MR) is 67.7 cm³/mol. The topological polar surface area (TPSA) is 46.3 Å². The lowest BCUT2D eigenvalue weighted by atomic mass is 10.1. The van der Waals surface area contributed by atoms with Crippen LogP contribution in [0.4, 0.5) is 0 Å². The highest BCUT2D eigenvalue weighted by Gasteiger charge is 2.17. The molecule has 1 heterocycles. The zero-order valence-electron chi connectivity index (χ0n) is 9.34. The molecule has 88 valence electrons. The van der Waals surface area contributed by atoms with Gasteiger partial charge in [0.1, 0.15) is 0 Å². The van der Waals surface area contributed by atoms with Gasteiger partial charge < -0.3 is 5.73 Å². The summed E-state index contributed by atoms with van der Waals surface area (Å²) in [5.74, 6) is 1.59. The molecule has 1 aromatic carbocycles. The first-order chi connectivity index (χ1) is 7.75. The first-order valence-electron chi connectivity index (χ1n) is 5.63. The van der Waals surface area contributed by atoms with Gasteiger partial charge in [-0.05, 0) is 5.56 Å². The standard InChI is InChI=1S/C12H18N2OS/c13-12(11-4-2-1-3-5-11)10-14-6-8-16(15)9-7-14/h1-5,12H,6-10,13H2. The molecule has 1 fully saturated rings. The minimum atomic E-state index is -0.603. The van der Waals surface area contributed by atoms with Gasteiger partial charge in [-0.25, -0.2) is 0 Å². The molecule has 16 heavy (non-hydrogen) atoms. The fourth-order valence-corrected chi connectivity index (χ4v) is 3.07. The van der Waals surface area contributed by atoms with Crippen molar-refractivity contribution in [3.8, 4) is 0 Å². The van der Waals surface area contributed by atoms with Gasteiger partial charge in [-0.15, -0.1) is 0 Å². The first kappa shape index (κ1) is 11.8. The number of hydrogen-bond donors (Lipinski definition) is 1. The molecule has 2 N–H and O–H groups in total. The van der Waals surface area contributed by atoms with Crippen LogP contribution in [0, 0.1) is 0 Å². The van der Waals surface area contributed by atoms with Gasteiger partial charge in [0.2, 0.25) is 0 Å². The fourth-order valence-electron chi connectivity index (χ4n) is 1.94. The van der Waals surface area contributed by atoms with Crippen molar-refractivity contribution in [2.24, 2.45) is 5.73 Å². The minimum Gasteiger partial charge on any atom is -0.323 e. The van der Waals surface area contributed by atoms with Crippen LogP contribution in [0.5, 0.6) is 0 Å². The summed E-state index contributed by atoms with van der Waals surface area (Å²) in [6.45, 7) is 2.68. The van der Waals surface area contributed by atoms with E-state index in [0.29, 0.717) is 0 Å². The molecule has 1 aliphatic heterocycles. The Labute approximate surface area is 99.1 Å². The van der Waals surface area contributed by atoms with Crippen molar-refractivity contribution in [3.05, 3.63) is 35.9 Å². The molecule has 1 aliphatic rings. The summed E-state index contributed by atoms with van der Waals surface area (Å²) in [5.41, 5.74) is 7.32. The van der Waals surface area contributed by atoms with Gasteiger partial charge in [0.15, 0.2) is 0 Å². The van der Waals surface area contributed by atoms with E-state index in [1.165, 1.54) is 5.56 Å². The van der Waals surface area contributed by atoms with Gasteiger partial charge in [0, 0.05) is 48.0 Å². The first-order valence-corrected chi connectivity index (χ1v) is 7.12. The normalized spacial score (nSPS) is 20.8. The molecular formula is C12H18N2OS. The van der Waals surface area contributed by atoms with Crippen LogP contribution in [0.3, 0.4) is 0 Å². The summed E-state index contributed by atoms with van der Waals surface area (Å²) >= 11 is 0. The van der Waals surface area contributed by atoms with E-state index < -0.39 is 10.8 Å². The van der Waals surface area contributed by atoms with Gasteiger partial charge in [0.25, 0.3) is 0 Å². The Morgan fingerprint density at radius 1 is 1.25 bits per heavy atom. The summed E-state index contributed by atoms with van der Waals surface area (Å²) in [6.07, 6.45) is 0. The van der Waals surface area contributed by atoms with E-state index in [9.17, 15) is 4.21 Å². The van der Waals surface area contributed by atoms with Crippen molar-refractivity contribution >= 4 is 10.8 Å². The molecule has 0 radical (unpaired) electrons. The summed E-state index contributed by atoms with van der Waals surface area (Å²) in [7, 11) is -0.603. The SMILES string of the molecule is NC(CN1CCS(=O)CC1)c1ccccc1. The predicted octanol–water partition coefficient (Wildman–Crippen LogP) is 0.751. The van der Waals surface area contributed by atoms with E-state index >= 15 is 0 Å². The highest BCUT2D eigenvalue weighted by atomic mass is 32.2. The summed E-state index contributed by atoms with van der Waals surface area (Å²) in [5, 5.41) is 0. The lowest BCUT2D eigenvalue weighted by Crippen LogP contribution is -2.41. The third-order valence-corrected chi connectivity index (χ3v) is 4.23. The van der Waals surface area contributed by atoms with Crippen LogP contribution in [-0.2, 0) is 10.8 Å². The maximum Gasteiger partial charge on any atom is 0.0424 e. The van der Waals surface area contributed by atoms with E-state index in [2.05, 4.69) is 17.0 Å². The van der Waals surface area contributed by atoms with Crippen LogP contribution in [-0.4, -0.2) is 40.2 Å². The molecule has 4 heteroatoms. The molecule has 0 aliphatic carbocycles. The zero-order chi connectivity index (χ0) is 11.4. The summed E-state index contributed by atoms with van der Waals surface area (Å²) < 4.78 is 11.2. The van der Waals surface area contributed by atoms with E-state index in [1.54, 1.807) is 0 Å². The van der Waals surface area contributed by atoms with Crippen LogP contribution in [0.2, 0.25) is 0 Å². The number of hydrogen-bond acceptors (Lipinski definition) is 3. The van der Waals surface area contributed by atoms with E-state index in [4.69, 9.17) is 5.73 Å². The van der Waals surface area contributed by atoms with Crippen molar-refractivity contribution in [2.45, 2.75) is 6.04 Å². The number of rotatable bonds is 3. The van der Waals surface area contributed by atoms with E-state index in [-0.39, 0.29) is 6.04 Å². The van der Waals surface area contributed by atoms with Gasteiger partial charge in [-0.3, -0.25) is 9.11 Å². The Morgan fingerprint density at radius 2 is 1.88 bits per heavy atom. The second-order valence-corrected chi connectivity index (χ2v) is 5.86. The Balaban J connectivity index is 1.88. The Hall–Kier alpha value is -0.710. The number of benzene rings is 1. The van der Waals surface area contributed by atoms with Crippen LogP contribution >= 0.6 is 0 Å². The van der Waals surface area contributed by atoms with Crippen LogP contribution < -0.4 is 5.73 Å². The lowest BCUT2D eigenvalue weighted by Gasteiger charge is -2.28. The zero-order valence-corrected chi connectivity index (χ0v) is 10.2. The smallest absolute Gasteiger partial charge is 0.0424 e. The van der Waals surface area contributed by atoms with E-state index in [0.717, 1.165) is 31.1 Å². The number of nitrogens with two attached hydrogens (primary N) is 1. The van der Waals surface area contributed by atoms with Gasteiger partial charge in [-0.1, -0.05) is 30.3 Å². The van der Waals surface area contributed by atoms with Crippen molar-refractivity contribution in [3.63, 3.8) is 0 Å². The van der Waals surface area contributed by atoms with Crippen molar-refractivity contribution in [2.75, 3.05) is 31.1 Å². The van der Waals surface area contributed by atoms with Gasteiger partial charge in [-0.2, -0.15) is 0 Å². The van der Waals surface area contributed by atoms with E-state index in [1.807, 2.05) is 18.2 Å². The van der Waals surface area contributed by atoms with Crippen molar-refractivity contribution in [1.29, 1.82) is 0 Å². The Morgan fingerprint density at radius 3 is 2.50 bits per heavy atom. The molecule has 0 aromatic heterocycles. The van der Waals surface area contributed by atoms with Crippen LogP contribution in [0.15, 0.2) is 30.3 Å². The molecule has 1 unspecified atom stereocenters. The summed E-state index contributed by atoms with van der Waals surface area (Å²) in [4.78, 5) is 2.30. The lowest BCUT2D eigenvalue weighted by molar-refractivity contribution is 0.281. The minimum absolute atomic E-state index is 0.0627. The highest BCUT2D eigenvalue weighted by Crippen LogP contribution is 2.12. The van der Waals surface area contributed by atoms with Gasteiger partial charge >= 0.3 is 0 Å². The van der Waals surface area contributed by atoms with Gasteiger partial charge in [0.05, 0.1) is 0 Å². The quantitative estimate of drug-likeness (QED) is 0.845. The molecule has 2 rings (SSSR count). The molecule has 1 saturated heterocycles. The maximum atomic E-state index is 11.2. The maximum absolute atomic E-state index is 11.2. The summed E-state index contributed by atoms with van der Waals surface area (Å²) in [6, 6.07) is 10.2. The Bertz CT molecular complexity index is 345. The third-order valence-electron chi connectivity index (χ3n) is 2.95. The third kappa shape index (κ3) is 3.14. The largest absolute Gasteiger partial charge is 0.323 e. The Kier molecular flexibility index (Phi) is 4.09.